The van der Waals surface area contributed by atoms with Crippen LogP contribution in [0, 0.1) is 23.7 Å². The van der Waals surface area contributed by atoms with Crippen molar-refractivity contribution in [2.24, 2.45) is 28.7 Å². The molecule has 0 aromatic rings. The molecule has 0 radical (unpaired) electrons. The Balaban J connectivity index is 1.64. The summed E-state index contributed by atoms with van der Waals surface area (Å²) < 4.78 is 27.6. The summed E-state index contributed by atoms with van der Waals surface area (Å²) in [7, 11) is 1.39. The van der Waals surface area contributed by atoms with Crippen LogP contribution in [0.15, 0.2) is 4.99 Å². The maximum Gasteiger partial charge on any atom is 0.407 e. The van der Waals surface area contributed by atoms with Gasteiger partial charge >= 0.3 is 30.1 Å². The Morgan fingerprint density at radius 2 is 1.31 bits per heavy atom. The van der Waals surface area contributed by atoms with Crippen LogP contribution in [0.2, 0.25) is 0 Å². The zero-order chi connectivity index (χ0) is 36.2. The molecule has 3 aliphatic rings. The minimum absolute atomic E-state index is 0.0389. The van der Waals surface area contributed by atoms with Gasteiger partial charge < -0.3 is 34.3 Å². The lowest BCUT2D eigenvalue weighted by molar-refractivity contribution is -0.175. The molecule has 0 saturated heterocycles. The van der Waals surface area contributed by atoms with Gasteiger partial charge in [0, 0.05) is 39.3 Å². The first-order valence-electron chi connectivity index (χ1n) is 16.4. The predicted octanol–water partition coefficient (Wildman–Crippen LogP) is 1.27. The molecule has 2 amide bonds. The number of hydrogen-bond donors (Lipinski definition) is 2. The summed E-state index contributed by atoms with van der Waals surface area (Å²) in [6, 6.07) is 0. The van der Waals surface area contributed by atoms with Gasteiger partial charge in [-0.1, -0.05) is 13.8 Å². The van der Waals surface area contributed by atoms with Crippen LogP contribution in [-0.2, 0) is 57.2 Å². The van der Waals surface area contributed by atoms with Crippen molar-refractivity contribution in [2.75, 3.05) is 20.1 Å². The molecule has 49 heavy (non-hydrogen) atoms. The molecule has 9 unspecified atom stereocenters. The second kappa shape index (κ2) is 18.2. The van der Waals surface area contributed by atoms with E-state index >= 15 is 0 Å². The molecule has 0 heterocycles. The van der Waals surface area contributed by atoms with Crippen LogP contribution in [0.1, 0.15) is 72.1 Å². The minimum Gasteiger partial charge on any atom is -0.462 e. The Morgan fingerprint density at radius 3 is 1.94 bits per heavy atom. The van der Waals surface area contributed by atoms with Crippen LogP contribution >= 0.6 is 0 Å². The molecule has 3 fully saturated rings. The Morgan fingerprint density at radius 1 is 0.735 bits per heavy atom. The van der Waals surface area contributed by atoms with Gasteiger partial charge in [0.15, 0.2) is 17.3 Å². The number of ketones is 3. The first-order valence-corrected chi connectivity index (χ1v) is 16.4. The fraction of sp³-hybridized carbons (Fsp3) is 0.719. The molecular formula is C32H43N3O14. The fourth-order valence-electron chi connectivity index (χ4n) is 6.11. The molecule has 3 saturated carbocycles. The minimum atomic E-state index is -1.38. The van der Waals surface area contributed by atoms with Crippen LogP contribution < -0.4 is 10.6 Å². The van der Waals surface area contributed by atoms with Crippen molar-refractivity contribution in [2.45, 2.75) is 103 Å². The lowest BCUT2D eigenvalue weighted by Crippen LogP contribution is -2.52. The smallest absolute Gasteiger partial charge is 0.407 e. The molecule has 9 atom stereocenters. The average Bonchev–Trinajstić information content (AvgIpc) is 3.08. The maximum atomic E-state index is 13.3. The lowest BCUT2D eigenvalue weighted by atomic mass is 9.73. The lowest BCUT2D eigenvalue weighted by Gasteiger charge is -2.37. The highest BCUT2D eigenvalue weighted by Gasteiger charge is 2.47. The molecule has 270 valence electrons. The van der Waals surface area contributed by atoms with E-state index < -0.39 is 115 Å². The molecular weight excluding hydrogens is 650 g/mol. The third-order valence-corrected chi connectivity index (χ3v) is 8.91. The number of amides is 2. The number of carbonyl (C=O) groups excluding carboxylic acids is 9. The second-order valence-electron chi connectivity index (χ2n) is 12.1. The second-order valence-corrected chi connectivity index (χ2v) is 12.1. The van der Waals surface area contributed by atoms with Gasteiger partial charge in [0.2, 0.25) is 6.08 Å². The van der Waals surface area contributed by atoms with E-state index in [1.54, 1.807) is 13.8 Å². The Labute approximate surface area is 282 Å². The number of nitrogens with one attached hydrogen (secondary N) is 2. The molecule has 3 aliphatic carbocycles. The van der Waals surface area contributed by atoms with E-state index in [9.17, 15) is 43.2 Å². The summed E-state index contributed by atoms with van der Waals surface area (Å²) in [6.07, 6.45) is -3.62. The fourth-order valence-corrected chi connectivity index (χ4v) is 6.11. The zero-order valence-corrected chi connectivity index (χ0v) is 27.9. The number of esters is 3. The first-order chi connectivity index (χ1) is 23.3. The van der Waals surface area contributed by atoms with Crippen LogP contribution in [0.4, 0.5) is 9.59 Å². The SMILES string of the molecule is CCC(=O)OC1CC(C(=O)OC2CCC(OC(=O)CC)C(OC(=O)NCC3C(=O)C(C)C(=O)C(CN=C=O)C3=O)C2)CCC1OC(=O)NC. The number of carbonyl (C=O) groups is 8. The molecule has 2 N–H and O–H groups in total. The van der Waals surface area contributed by atoms with Gasteiger partial charge in [-0.15, -0.1) is 0 Å². The monoisotopic (exact) mass is 693 g/mol. The molecule has 0 aromatic heterocycles. The summed E-state index contributed by atoms with van der Waals surface area (Å²) in [4.78, 5) is 114. The predicted molar refractivity (Wildman–Crippen MR) is 163 cm³/mol. The number of rotatable bonds is 12. The van der Waals surface area contributed by atoms with Gasteiger partial charge in [-0.05, 0) is 32.6 Å². The number of nitrogens with zero attached hydrogens (tertiary/aromatic N) is 1. The average molecular weight is 694 g/mol. The van der Waals surface area contributed by atoms with Crippen molar-refractivity contribution >= 4 is 53.5 Å². The van der Waals surface area contributed by atoms with Crippen LogP contribution in [0.25, 0.3) is 0 Å². The Kier molecular flexibility index (Phi) is 14.4. The van der Waals surface area contributed by atoms with Crippen molar-refractivity contribution < 1.29 is 66.8 Å². The molecule has 3 rings (SSSR count). The molecule has 17 nitrogen and oxygen atoms in total. The van der Waals surface area contributed by atoms with E-state index in [-0.39, 0.29) is 51.4 Å². The Hall–Kier alpha value is -4.66. The quantitative estimate of drug-likeness (QED) is 0.0963. The third-order valence-electron chi connectivity index (χ3n) is 8.91. The molecule has 0 bridgehead atoms. The molecule has 0 aliphatic heterocycles. The summed E-state index contributed by atoms with van der Waals surface area (Å²) in [6.45, 7) is 3.59. The largest absolute Gasteiger partial charge is 0.462 e. The van der Waals surface area contributed by atoms with Crippen LogP contribution in [0.3, 0.4) is 0 Å². The third kappa shape index (κ3) is 10.4. The first kappa shape index (κ1) is 38.8. The van der Waals surface area contributed by atoms with Crippen molar-refractivity contribution in [1.29, 1.82) is 0 Å². The number of isocyanates is 1. The summed E-state index contributed by atoms with van der Waals surface area (Å²) in [5.41, 5.74) is 0. The van der Waals surface area contributed by atoms with Gasteiger partial charge in [0.05, 0.1) is 30.2 Å². The summed E-state index contributed by atoms with van der Waals surface area (Å²) in [5.74, 6) is -8.32. The van der Waals surface area contributed by atoms with Crippen LogP contribution in [0.5, 0.6) is 0 Å². The number of aliphatic imine (C=N–C) groups is 1. The molecule has 17 heteroatoms. The molecule has 0 aromatic carbocycles. The van der Waals surface area contributed by atoms with Crippen molar-refractivity contribution in [1.82, 2.24) is 10.6 Å². The topological polar surface area (TPSA) is 236 Å². The summed E-state index contributed by atoms with van der Waals surface area (Å²) >= 11 is 0. The van der Waals surface area contributed by atoms with Crippen molar-refractivity contribution in [3.63, 3.8) is 0 Å². The van der Waals surface area contributed by atoms with E-state index in [4.69, 9.17) is 23.7 Å². The van der Waals surface area contributed by atoms with Crippen LogP contribution in [-0.4, -0.2) is 104 Å². The summed E-state index contributed by atoms with van der Waals surface area (Å²) in [5, 5.41) is 4.71. The van der Waals surface area contributed by atoms with E-state index in [0.717, 1.165) is 0 Å². The number of ether oxygens (including phenoxy) is 5. The van der Waals surface area contributed by atoms with E-state index in [2.05, 4.69) is 15.6 Å². The van der Waals surface area contributed by atoms with E-state index in [1.807, 2.05) is 0 Å². The number of alkyl carbamates (subject to hydrolysis) is 2. The van der Waals surface area contributed by atoms with Gasteiger partial charge in [0.25, 0.3) is 0 Å². The normalized spacial score (nSPS) is 29.8. The number of hydrogen-bond acceptors (Lipinski definition) is 15. The van der Waals surface area contributed by atoms with Gasteiger partial charge in [-0.3, -0.25) is 28.8 Å². The van der Waals surface area contributed by atoms with Crippen molar-refractivity contribution in [3.05, 3.63) is 0 Å². The number of Topliss-reactive ketones (excluding diaryl/α,β-unsaturated/α-hetero) is 3. The highest BCUT2D eigenvalue weighted by molar-refractivity contribution is 6.24. The van der Waals surface area contributed by atoms with Gasteiger partial charge in [-0.25, -0.2) is 19.4 Å². The van der Waals surface area contributed by atoms with E-state index in [0.29, 0.717) is 0 Å². The standard InChI is InChI=1S/C32H43N3O14/c1-5-25(37)46-21-10-8-18(45-30(42)17-7-9-22(48-31(43)33-4)23(11-17)47-26(38)6-2)12-24(21)49-32(44)35-14-20-28(40)16(3)27(39)19(29(20)41)13-34-15-36/h16-24H,5-14H2,1-4H3,(H,33,43)(H,35,44). The highest BCUT2D eigenvalue weighted by Crippen LogP contribution is 2.33. The van der Waals surface area contributed by atoms with Gasteiger partial charge in [-0.2, -0.15) is 0 Å². The highest BCUT2D eigenvalue weighted by atomic mass is 16.6. The Bertz CT molecular complexity index is 1340. The maximum absolute atomic E-state index is 13.3. The zero-order valence-electron chi connectivity index (χ0n) is 27.9. The van der Waals surface area contributed by atoms with E-state index in [1.165, 1.54) is 20.1 Å². The van der Waals surface area contributed by atoms with Gasteiger partial charge in [0.1, 0.15) is 30.5 Å². The van der Waals surface area contributed by atoms with Crippen molar-refractivity contribution in [3.8, 4) is 0 Å². The molecule has 0 spiro atoms.